The van der Waals surface area contributed by atoms with Crippen molar-refractivity contribution < 1.29 is 43.3 Å². The second-order valence-corrected chi connectivity index (χ2v) is 24.8. The van der Waals surface area contributed by atoms with Gasteiger partial charge in [-0.3, -0.25) is 29.0 Å². The Bertz CT molecular complexity index is 3350. The number of ketones is 2. The molecule has 4 fully saturated rings. The molecule has 0 spiro atoms. The number of likely N-dealkylation sites (N-methyl/N-ethyl adjacent to an activating group) is 1. The minimum Gasteiger partial charge on any atom is -0.458 e. The lowest BCUT2D eigenvalue weighted by Crippen LogP contribution is -2.50. The van der Waals surface area contributed by atoms with Crippen molar-refractivity contribution in [2.24, 2.45) is 17.8 Å². The maximum Gasteiger partial charge on any atom is 0.415 e. The molecule has 8 aliphatic rings. The lowest BCUT2D eigenvalue weighted by Gasteiger charge is -2.49. The number of benzene rings is 2. The molecule has 0 bridgehead atoms. The number of ether oxygens (including phenoxy) is 3. The summed E-state index contributed by atoms with van der Waals surface area (Å²) in [6, 6.07) is 16.5. The highest BCUT2D eigenvalue weighted by atomic mass is 16.6. The van der Waals surface area contributed by atoms with E-state index in [-0.39, 0.29) is 71.7 Å². The average Bonchev–Trinajstić information content (AvgIpc) is 2.03. The van der Waals surface area contributed by atoms with Gasteiger partial charge in [-0.05, 0) is 149 Å². The molecule has 2 saturated carbocycles. The second kappa shape index (κ2) is 22.6. The zero-order valence-corrected chi connectivity index (χ0v) is 48.4. The van der Waals surface area contributed by atoms with Crippen LogP contribution in [0.3, 0.4) is 0 Å². The minimum atomic E-state index is -1.91. The van der Waals surface area contributed by atoms with E-state index in [2.05, 4.69) is 64.0 Å². The van der Waals surface area contributed by atoms with E-state index >= 15 is 0 Å². The van der Waals surface area contributed by atoms with Gasteiger partial charge in [0.05, 0.1) is 29.0 Å². The number of Topliss-reactive ketones (excluding diaryl/α,β-unsaturated/α-hetero) is 1. The quantitative estimate of drug-likeness (QED) is 0.0784. The van der Waals surface area contributed by atoms with Gasteiger partial charge in [0, 0.05) is 125 Å². The van der Waals surface area contributed by atoms with Gasteiger partial charge in [0.2, 0.25) is 0 Å². The summed E-state index contributed by atoms with van der Waals surface area (Å²) in [5.41, 5.74) is 7.28. The van der Waals surface area contributed by atoms with Crippen molar-refractivity contribution in [3.63, 3.8) is 0 Å². The zero-order valence-electron chi connectivity index (χ0n) is 48.4. The van der Waals surface area contributed by atoms with Crippen LogP contribution >= 0.6 is 0 Å². The number of carbonyl (C=O) groups is 5. The molecule has 2 aromatic carbocycles. The summed E-state index contributed by atoms with van der Waals surface area (Å²) in [4.78, 5) is 95.6. The fraction of sp³-hybridized carbons (Fsp3) is 0.554. The van der Waals surface area contributed by atoms with Crippen molar-refractivity contribution in [2.45, 2.75) is 135 Å². The summed E-state index contributed by atoms with van der Waals surface area (Å²) in [7, 11) is 4.28. The molecule has 2 saturated heterocycles. The highest BCUT2D eigenvalue weighted by Gasteiger charge is 2.60. The van der Waals surface area contributed by atoms with Gasteiger partial charge < -0.3 is 38.6 Å². The molecule has 1 N–H and O–H groups in total. The summed E-state index contributed by atoms with van der Waals surface area (Å²) in [5, 5.41) is 12.2. The third-order valence-corrected chi connectivity index (χ3v) is 20.1. The molecule has 4 aromatic rings. The first-order valence-electron chi connectivity index (χ1n) is 30.2. The molecule has 6 atom stereocenters. The third-order valence-electron chi connectivity index (χ3n) is 20.1. The van der Waals surface area contributed by atoms with Crippen LogP contribution in [0, 0.1) is 17.8 Å². The molecule has 4 aliphatic carbocycles. The highest BCUT2D eigenvalue weighted by Crippen LogP contribution is 2.62. The van der Waals surface area contributed by atoms with Crippen LogP contribution in [0.5, 0.6) is 5.75 Å². The Kier molecular flexibility index (Phi) is 15.4. The fourth-order valence-corrected chi connectivity index (χ4v) is 15.5. The molecular weight excluding hydrogens is 1040 g/mol. The van der Waals surface area contributed by atoms with Gasteiger partial charge in [-0.25, -0.2) is 14.6 Å². The van der Waals surface area contributed by atoms with Gasteiger partial charge >= 0.3 is 18.0 Å². The molecule has 2 unspecified atom stereocenters. The van der Waals surface area contributed by atoms with Crippen molar-refractivity contribution >= 4 is 46.2 Å². The van der Waals surface area contributed by atoms with Crippen LogP contribution in [0.25, 0.3) is 22.3 Å². The third kappa shape index (κ3) is 10.2. The van der Waals surface area contributed by atoms with E-state index in [0.717, 1.165) is 132 Å². The molecule has 82 heavy (non-hydrogen) atoms. The summed E-state index contributed by atoms with van der Waals surface area (Å²) in [6.07, 6.45) is 11.3. The largest absolute Gasteiger partial charge is 0.458 e. The molecule has 1 amide bonds. The maximum atomic E-state index is 14.0. The molecule has 17 heteroatoms. The van der Waals surface area contributed by atoms with E-state index in [0.29, 0.717) is 61.0 Å². The van der Waals surface area contributed by atoms with Crippen molar-refractivity contribution in [3.8, 4) is 17.1 Å². The normalized spacial score (nSPS) is 26.3. The number of esters is 2. The lowest BCUT2D eigenvalue weighted by atomic mass is 9.56. The molecule has 17 nitrogen and oxygen atoms in total. The SMILES string of the molecule is CC[C@@]1(O)C(=O)OCc2c1cc1n(c2=O)Cc2cc3c(CN4CCN(C)CC4)c(OC(=O)N4CCN(CCCCCCN(C)c5ccc([C@H]6CC7C(CC[C@]7(OC(C)=O)C(C)=O)[C@@H]7CCC8=CC(=O)CCC8=C76)cc5)CC4)ccc3nc2-1. The number of anilines is 1. The molecule has 2 aromatic heterocycles. The predicted octanol–water partition coefficient (Wildman–Crippen LogP) is 8.04. The van der Waals surface area contributed by atoms with E-state index in [1.165, 1.54) is 29.2 Å². The van der Waals surface area contributed by atoms with E-state index in [4.69, 9.17) is 19.2 Å². The average molecular weight is 1120 g/mol. The standard InChI is InChI=1S/C65H79N7O10/c1-6-64(79)54-36-57-60-44(37-72(57)61(76)53(54)39-80-62(64)77)34-51-52(38-70-27-25-67(4)26-28-70)58(20-19-56(51)66-60)81-63(78)71-31-29-69(30-32-71)24-10-8-7-9-23-68(5)45-14-11-42(12-15-45)50-35-55-48(21-22-65(55,40(2)73)82-41(3)74)49-17-13-43-33-46(75)16-18-47(43)59(49)50/h11-12,14-15,19-20,33-34,36,48-50,55,79H,6-10,13,16-18,21-32,35,37-39H2,1-5H3/t48?,49-,50+,55?,64-,65-/m0/s1. The van der Waals surface area contributed by atoms with Gasteiger partial charge in [-0.15, -0.1) is 0 Å². The van der Waals surface area contributed by atoms with Crippen molar-refractivity contribution in [2.75, 3.05) is 84.4 Å². The molecule has 12 rings (SSSR count). The van der Waals surface area contributed by atoms with Crippen molar-refractivity contribution in [3.05, 3.63) is 109 Å². The zero-order chi connectivity index (χ0) is 57.2. The molecular formula is C65H79N7O10. The maximum absolute atomic E-state index is 14.0. The van der Waals surface area contributed by atoms with E-state index < -0.39 is 23.1 Å². The number of unbranched alkanes of at least 4 members (excludes halogenated alkanes) is 3. The Morgan fingerprint density at radius 3 is 2.38 bits per heavy atom. The van der Waals surface area contributed by atoms with Crippen LogP contribution in [-0.4, -0.2) is 149 Å². The Balaban J connectivity index is 0.646. The number of nitrogens with zero attached hydrogens (tertiary/aromatic N) is 7. The number of piperazine rings is 2. The number of aromatic nitrogens is 2. The first kappa shape index (κ1) is 56.0. The summed E-state index contributed by atoms with van der Waals surface area (Å²) < 4.78 is 19.3. The number of aliphatic hydroxyl groups is 1. The van der Waals surface area contributed by atoms with E-state index in [9.17, 15) is 33.9 Å². The number of cyclic esters (lactones) is 1. The fourth-order valence-electron chi connectivity index (χ4n) is 15.5. The number of allylic oxidation sites excluding steroid dienone is 4. The number of amides is 1. The number of carbonyl (C=O) groups excluding carboxylic acids is 5. The minimum absolute atomic E-state index is 0.0411. The summed E-state index contributed by atoms with van der Waals surface area (Å²) in [5.74, 6) is 0.151. The van der Waals surface area contributed by atoms with Gasteiger partial charge in [0.1, 0.15) is 12.4 Å². The van der Waals surface area contributed by atoms with Crippen molar-refractivity contribution in [1.29, 1.82) is 0 Å². The first-order valence-corrected chi connectivity index (χ1v) is 30.2. The van der Waals surface area contributed by atoms with Crippen LogP contribution in [0.2, 0.25) is 0 Å². The number of hydrogen-bond acceptors (Lipinski definition) is 15. The van der Waals surface area contributed by atoms with Gasteiger partial charge in [-0.1, -0.05) is 37.5 Å². The Labute approximate surface area is 480 Å². The lowest BCUT2D eigenvalue weighted by molar-refractivity contribution is -0.172. The number of pyridine rings is 2. The molecule has 434 valence electrons. The van der Waals surface area contributed by atoms with Crippen LogP contribution in [0.1, 0.15) is 132 Å². The van der Waals surface area contributed by atoms with Crippen LogP contribution < -0.4 is 15.2 Å². The summed E-state index contributed by atoms with van der Waals surface area (Å²) >= 11 is 0. The summed E-state index contributed by atoms with van der Waals surface area (Å²) in [6.45, 7) is 13.6. The number of fused-ring (bicyclic) bond motifs is 9. The second-order valence-electron chi connectivity index (χ2n) is 24.8. The van der Waals surface area contributed by atoms with Crippen LogP contribution in [0.4, 0.5) is 10.5 Å². The van der Waals surface area contributed by atoms with Crippen molar-refractivity contribution in [1.82, 2.24) is 29.2 Å². The molecule has 0 radical (unpaired) electrons. The topological polar surface area (TPSA) is 184 Å². The Morgan fingerprint density at radius 2 is 1.63 bits per heavy atom. The van der Waals surface area contributed by atoms with Crippen LogP contribution in [0.15, 0.2) is 76.1 Å². The number of hydrogen-bond donors (Lipinski definition) is 1. The molecule has 6 heterocycles. The van der Waals surface area contributed by atoms with Gasteiger partial charge in [-0.2, -0.15) is 0 Å². The Morgan fingerprint density at radius 1 is 0.878 bits per heavy atom. The first-order chi connectivity index (χ1) is 39.5. The van der Waals surface area contributed by atoms with Gasteiger partial charge in [0.15, 0.2) is 22.8 Å². The smallest absolute Gasteiger partial charge is 0.415 e. The number of rotatable bonds is 15. The Hall–Kier alpha value is -6.53. The van der Waals surface area contributed by atoms with Crippen LogP contribution in [-0.2, 0) is 53.9 Å². The predicted molar refractivity (Wildman–Crippen MR) is 310 cm³/mol. The van der Waals surface area contributed by atoms with E-state index in [1.807, 2.05) is 23.1 Å². The highest BCUT2D eigenvalue weighted by molar-refractivity contribution is 5.93. The van der Waals surface area contributed by atoms with Gasteiger partial charge in [0.25, 0.3) is 5.56 Å². The monoisotopic (exact) mass is 1120 g/mol. The van der Waals surface area contributed by atoms with E-state index in [1.54, 1.807) is 24.5 Å². The molecule has 4 aliphatic heterocycles.